The lowest BCUT2D eigenvalue weighted by Crippen LogP contribution is -2.48. The number of anilines is 2. The number of nitrogens with one attached hydrogen (secondary N) is 2. The number of likely N-dealkylation sites (tertiary alicyclic amines) is 1. The van der Waals surface area contributed by atoms with E-state index in [1.165, 1.54) is 25.1 Å². The van der Waals surface area contributed by atoms with Crippen LogP contribution in [-0.2, 0) is 21.4 Å². The Morgan fingerprint density at radius 1 is 1.18 bits per heavy atom. The highest BCUT2D eigenvalue weighted by Gasteiger charge is 2.45. The largest absolute Gasteiger partial charge is 0.475 e. The number of carbonyl (C=O) groups excluding carboxylic acids is 2. The van der Waals surface area contributed by atoms with Gasteiger partial charge in [0.05, 0.1) is 23.2 Å². The molecule has 5 rings (SSSR count). The minimum absolute atomic E-state index is 0.00521. The van der Waals surface area contributed by atoms with Crippen molar-refractivity contribution in [2.24, 2.45) is 18.6 Å². The molecule has 2 aliphatic heterocycles. The van der Waals surface area contributed by atoms with Crippen LogP contribution in [0, 0.1) is 0 Å². The molecule has 0 radical (unpaired) electrons. The minimum atomic E-state index is -1.13. The first-order valence-corrected chi connectivity index (χ1v) is 17.4. The fourth-order valence-electron chi connectivity index (χ4n) is 5.95. The van der Waals surface area contributed by atoms with Gasteiger partial charge in [-0.05, 0) is 62.1 Å². The highest BCUT2D eigenvalue weighted by atomic mass is 32.2. The van der Waals surface area contributed by atoms with Gasteiger partial charge in [0.25, 0.3) is 5.91 Å². The van der Waals surface area contributed by atoms with Crippen LogP contribution in [0.1, 0.15) is 43.6 Å². The lowest BCUT2D eigenvalue weighted by Gasteiger charge is -2.30. The fourth-order valence-corrected chi connectivity index (χ4v) is 6.79. The number of amides is 2. The third kappa shape index (κ3) is 8.86. The highest BCUT2D eigenvalue weighted by molar-refractivity contribution is 8.11. The predicted octanol–water partition coefficient (Wildman–Crippen LogP) is 3.74. The van der Waals surface area contributed by atoms with Gasteiger partial charge < -0.3 is 30.8 Å². The molecule has 15 heteroatoms. The second kappa shape index (κ2) is 16.4. The van der Waals surface area contributed by atoms with E-state index in [0.717, 1.165) is 16.0 Å². The standard InChI is InChI=1S/C36H46N10O4S/c1-23(2)50-32-10-7-27(19-39-32)24(3)29-17-28(8-9-30(29)42-38)41-35(48)36(49-6)13-16-45(21-36)20-33(47)46-14-11-26(12-15-46)25(4)51-31(18-37)34-40-22-44(5)43-34/h7-11,17-19,22-23,42H,3-4,12-16,20-21,37-38H2,1-2,5-6H3,(H,41,48)/b31-18-/t36-/m0/s1. The van der Waals surface area contributed by atoms with Crippen LogP contribution in [0.25, 0.3) is 10.5 Å². The van der Waals surface area contributed by atoms with Crippen molar-refractivity contribution in [3.05, 3.63) is 95.7 Å². The number of nitrogens with zero attached hydrogens (tertiary/aromatic N) is 6. The van der Waals surface area contributed by atoms with E-state index in [2.05, 4.69) is 39.0 Å². The molecule has 1 atom stereocenters. The molecule has 270 valence electrons. The SMILES string of the molecule is C=C(S/C(=C\N)c1ncn(C)n1)C1=CCN(C(=O)CN2CC[C@@](OC)(C(=O)Nc3ccc(NN)c(C(=C)c4ccc(OC(C)C)nc4)c3)C2)CC1. The number of methoxy groups -OCH3 is 1. The van der Waals surface area contributed by atoms with E-state index in [-0.39, 0.29) is 31.0 Å². The molecule has 1 fully saturated rings. The molecule has 51 heavy (non-hydrogen) atoms. The summed E-state index contributed by atoms with van der Waals surface area (Å²) < 4.78 is 13.1. The van der Waals surface area contributed by atoms with Crippen LogP contribution in [0.4, 0.5) is 11.4 Å². The maximum Gasteiger partial charge on any atom is 0.258 e. The second-order valence-corrected chi connectivity index (χ2v) is 13.8. The van der Waals surface area contributed by atoms with Crippen molar-refractivity contribution in [2.45, 2.75) is 38.4 Å². The average Bonchev–Trinajstić information content (AvgIpc) is 3.76. The van der Waals surface area contributed by atoms with Crippen LogP contribution in [0.5, 0.6) is 5.88 Å². The van der Waals surface area contributed by atoms with Gasteiger partial charge in [0, 0.05) is 80.5 Å². The van der Waals surface area contributed by atoms with E-state index in [4.69, 9.17) is 21.1 Å². The van der Waals surface area contributed by atoms with Crippen molar-refractivity contribution in [3.8, 4) is 5.88 Å². The third-order valence-electron chi connectivity index (χ3n) is 8.80. The smallest absolute Gasteiger partial charge is 0.258 e. The topological polar surface area (TPSA) is 179 Å². The van der Waals surface area contributed by atoms with Crippen LogP contribution in [0.3, 0.4) is 0 Å². The monoisotopic (exact) mass is 714 g/mol. The molecular weight excluding hydrogens is 669 g/mol. The van der Waals surface area contributed by atoms with E-state index < -0.39 is 5.60 Å². The summed E-state index contributed by atoms with van der Waals surface area (Å²) in [5.74, 6) is 6.57. The summed E-state index contributed by atoms with van der Waals surface area (Å²) in [5, 5.41) is 7.33. The molecule has 0 saturated carbocycles. The molecule has 14 nitrogen and oxygen atoms in total. The molecule has 0 aliphatic carbocycles. The molecule has 4 heterocycles. The van der Waals surface area contributed by atoms with Crippen molar-refractivity contribution < 1.29 is 19.1 Å². The van der Waals surface area contributed by atoms with Gasteiger partial charge in [0.15, 0.2) is 11.4 Å². The fraction of sp³-hybridized carbons (Fsp3) is 0.361. The van der Waals surface area contributed by atoms with Gasteiger partial charge in [-0.1, -0.05) is 31.0 Å². The van der Waals surface area contributed by atoms with Crippen LogP contribution < -0.4 is 27.1 Å². The number of thioether (sulfide) groups is 1. The van der Waals surface area contributed by atoms with Crippen molar-refractivity contribution in [1.29, 1.82) is 0 Å². The Kier molecular flexibility index (Phi) is 12.0. The van der Waals surface area contributed by atoms with Crippen LogP contribution in [0.15, 0.2) is 78.8 Å². The molecule has 6 N–H and O–H groups in total. The average molecular weight is 715 g/mol. The zero-order valence-corrected chi connectivity index (χ0v) is 30.3. The molecule has 1 aromatic carbocycles. The third-order valence-corrected chi connectivity index (χ3v) is 9.85. The zero-order valence-electron chi connectivity index (χ0n) is 29.5. The number of nitrogen functional groups attached to an aromatic ring is 1. The Hall–Kier alpha value is -4.96. The Morgan fingerprint density at radius 2 is 1.98 bits per heavy atom. The Balaban J connectivity index is 1.17. The van der Waals surface area contributed by atoms with Crippen molar-refractivity contribution in [1.82, 2.24) is 29.5 Å². The maximum absolute atomic E-state index is 13.7. The molecular formula is C36H46N10O4S. The molecule has 2 amide bonds. The first-order valence-electron chi connectivity index (χ1n) is 16.6. The summed E-state index contributed by atoms with van der Waals surface area (Å²) in [7, 11) is 3.32. The van der Waals surface area contributed by atoms with Gasteiger partial charge >= 0.3 is 0 Å². The molecule has 0 spiro atoms. The van der Waals surface area contributed by atoms with Gasteiger partial charge in [0.2, 0.25) is 11.8 Å². The van der Waals surface area contributed by atoms with E-state index >= 15 is 0 Å². The number of pyridine rings is 1. The number of hydrogen-bond acceptors (Lipinski definition) is 12. The zero-order chi connectivity index (χ0) is 36.7. The number of hydrogen-bond donors (Lipinski definition) is 4. The van der Waals surface area contributed by atoms with Gasteiger partial charge in [0.1, 0.15) is 6.33 Å². The van der Waals surface area contributed by atoms with E-state index in [1.807, 2.05) is 35.8 Å². The summed E-state index contributed by atoms with van der Waals surface area (Å²) in [6.07, 6.45) is 7.91. The van der Waals surface area contributed by atoms with Crippen molar-refractivity contribution in [3.63, 3.8) is 0 Å². The van der Waals surface area contributed by atoms with Gasteiger partial charge in [-0.3, -0.25) is 25.0 Å². The number of allylic oxidation sites excluding steroid dienone is 1. The normalized spacial score (nSPS) is 18.0. The molecule has 0 bridgehead atoms. The van der Waals surface area contributed by atoms with E-state index in [9.17, 15) is 9.59 Å². The molecule has 0 unspecified atom stereocenters. The van der Waals surface area contributed by atoms with Crippen molar-refractivity contribution in [2.75, 3.05) is 50.6 Å². The highest BCUT2D eigenvalue weighted by Crippen LogP contribution is 2.36. The van der Waals surface area contributed by atoms with E-state index in [0.29, 0.717) is 71.6 Å². The van der Waals surface area contributed by atoms with Gasteiger partial charge in [-0.15, -0.1) is 0 Å². The first-order chi connectivity index (χ1) is 24.4. The number of rotatable bonds is 14. The maximum atomic E-state index is 13.7. The summed E-state index contributed by atoms with van der Waals surface area (Å²) in [6, 6.07) is 9.00. The number of nitrogens with two attached hydrogens (primary N) is 2. The molecule has 1 saturated heterocycles. The van der Waals surface area contributed by atoms with Crippen LogP contribution >= 0.6 is 11.8 Å². The summed E-state index contributed by atoms with van der Waals surface area (Å²) in [6.45, 7) is 14.4. The summed E-state index contributed by atoms with van der Waals surface area (Å²) in [5.41, 5.74) is 11.8. The van der Waals surface area contributed by atoms with Crippen LogP contribution in [-0.4, -0.2) is 92.9 Å². The van der Waals surface area contributed by atoms with Crippen LogP contribution in [0.2, 0.25) is 0 Å². The molecule has 2 aromatic heterocycles. The predicted molar refractivity (Wildman–Crippen MR) is 201 cm³/mol. The Morgan fingerprint density at radius 3 is 2.59 bits per heavy atom. The summed E-state index contributed by atoms with van der Waals surface area (Å²) in [4.78, 5) is 41.1. The minimum Gasteiger partial charge on any atom is -0.475 e. The Labute approximate surface area is 302 Å². The summed E-state index contributed by atoms with van der Waals surface area (Å²) >= 11 is 1.42. The lowest BCUT2D eigenvalue weighted by atomic mass is 9.98. The number of benzene rings is 1. The number of ether oxygens (including phenoxy) is 2. The quantitative estimate of drug-likeness (QED) is 0.141. The molecule has 2 aliphatic rings. The number of aromatic nitrogens is 4. The first kappa shape index (κ1) is 37.3. The number of aryl methyl sites for hydroxylation is 1. The second-order valence-electron chi connectivity index (χ2n) is 12.7. The van der Waals surface area contributed by atoms with Gasteiger partial charge in [-0.2, -0.15) is 5.10 Å². The molecule has 3 aromatic rings. The van der Waals surface area contributed by atoms with Gasteiger partial charge in [-0.25, -0.2) is 9.97 Å². The number of carbonyl (C=O) groups is 2. The lowest BCUT2D eigenvalue weighted by molar-refractivity contribution is -0.138. The van der Waals surface area contributed by atoms with E-state index in [1.54, 1.807) is 48.5 Å². The van der Waals surface area contributed by atoms with Crippen molar-refractivity contribution >= 4 is 45.4 Å². The Bertz CT molecular complexity index is 1840. The number of hydrazine groups is 1.